The molecule has 1 N–H and O–H groups in total. The van der Waals surface area contributed by atoms with Crippen molar-refractivity contribution in [2.75, 3.05) is 0 Å². The van der Waals surface area contributed by atoms with Crippen molar-refractivity contribution in [2.45, 2.75) is 45.8 Å². The molecule has 4 rings (SSSR count). The van der Waals surface area contributed by atoms with Gasteiger partial charge < -0.3 is 10.1 Å². The van der Waals surface area contributed by atoms with E-state index in [9.17, 15) is 18.8 Å². The van der Waals surface area contributed by atoms with Gasteiger partial charge in [-0.15, -0.1) is 11.3 Å². The van der Waals surface area contributed by atoms with Crippen LogP contribution < -0.4 is 5.32 Å². The fourth-order valence-corrected chi connectivity index (χ4v) is 4.65. The highest BCUT2D eigenvalue weighted by molar-refractivity contribution is 7.14. The Morgan fingerprint density at radius 3 is 2.66 bits per heavy atom. The number of benzene rings is 1. The third-order valence-corrected chi connectivity index (χ3v) is 6.36. The van der Waals surface area contributed by atoms with Gasteiger partial charge in [-0.3, -0.25) is 9.59 Å². The molecule has 7 nitrogen and oxygen atoms in total. The first kappa shape index (κ1) is 21.9. The number of esters is 1. The standard InChI is InChI=1S/C23H22FN3O4S/c1-13(22(29)20-11-10-17(32-20)12-25-14(2)28)31-23(30)21-18-4-3-5-19(18)27(26-21)16-8-6-15(24)7-9-16/h6-11,13H,3-5,12H2,1-2H3,(H,25,28). The molecule has 2 aromatic heterocycles. The minimum atomic E-state index is -0.984. The third-order valence-electron chi connectivity index (χ3n) is 5.26. The fourth-order valence-electron chi connectivity index (χ4n) is 3.68. The Balaban J connectivity index is 1.49. The molecule has 0 bridgehead atoms. The average molecular weight is 456 g/mol. The molecular formula is C23H22FN3O4S. The molecule has 1 atom stereocenters. The van der Waals surface area contributed by atoms with Gasteiger partial charge in [0.25, 0.3) is 0 Å². The first-order chi connectivity index (χ1) is 15.3. The summed E-state index contributed by atoms with van der Waals surface area (Å²) in [5.74, 6) is -1.47. The summed E-state index contributed by atoms with van der Waals surface area (Å²) in [5, 5.41) is 7.12. The van der Waals surface area contributed by atoms with Gasteiger partial charge in [-0.25, -0.2) is 13.9 Å². The molecular weight excluding hydrogens is 433 g/mol. The molecule has 0 radical (unpaired) electrons. The number of ether oxygens (including phenoxy) is 1. The van der Waals surface area contributed by atoms with Gasteiger partial charge in [0, 0.05) is 23.1 Å². The SMILES string of the molecule is CC(=O)NCc1ccc(C(=O)C(C)OC(=O)c2nn(-c3ccc(F)cc3)c3c2CCC3)s1. The van der Waals surface area contributed by atoms with Crippen LogP contribution in [0.4, 0.5) is 4.39 Å². The largest absolute Gasteiger partial charge is 0.449 e. The normalized spacial score (nSPS) is 13.5. The summed E-state index contributed by atoms with van der Waals surface area (Å²) in [6.45, 7) is 3.30. The maximum atomic E-state index is 13.3. The molecule has 9 heteroatoms. The van der Waals surface area contributed by atoms with Crippen LogP contribution in [0.25, 0.3) is 5.69 Å². The molecule has 0 fully saturated rings. The molecule has 0 saturated carbocycles. The maximum absolute atomic E-state index is 13.3. The number of carbonyl (C=O) groups excluding carboxylic acids is 3. The van der Waals surface area contributed by atoms with Crippen molar-refractivity contribution in [1.82, 2.24) is 15.1 Å². The average Bonchev–Trinajstić information content (AvgIpc) is 3.49. The number of aromatic nitrogens is 2. The molecule has 1 aromatic carbocycles. The van der Waals surface area contributed by atoms with Crippen LogP contribution in [0.3, 0.4) is 0 Å². The maximum Gasteiger partial charge on any atom is 0.359 e. The van der Waals surface area contributed by atoms with Gasteiger partial charge in [-0.2, -0.15) is 5.10 Å². The molecule has 32 heavy (non-hydrogen) atoms. The zero-order chi connectivity index (χ0) is 22.8. The van der Waals surface area contributed by atoms with Gasteiger partial charge in [0.15, 0.2) is 11.8 Å². The van der Waals surface area contributed by atoms with E-state index in [-0.39, 0.29) is 23.2 Å². The summed E-state index contributed by atoms with van der Waals surface area (Å²) in [6.07, 6.45) is 1.35. The number of amides is 1. The van der Waals surface area contributed by atoms with E-state index >= 15 is 0 Å². The monoisotopic (exact) mass is 455 g/mol. The van der Waals surface area contributed by atoms with Crippen LogP contribution in [-0.2, 0) is 28.9 Å². The van der Waals surface area contributed by atoms with Gasteiger partial charge in [0.05, 0.1) is 17.1 Å². The van der Waals surface area contributed by atoms with E-state index in [1.807, 2.05) is 0 Å². The summed E-state index contributed by atoms with van der Waals surface area (Å²) in [4.78, 5) is 38.0. The summed E-state index contributed by atoms with van der Waals surface area (Å²) >= 11 is 1.25. The van der Waals surface area contributed by atoms with Crippen LogP contribution in [0.2, 0.25) is 0 Å². The molecule has 2 heterocycles. The quantitative estimate of drug-likeness (QED) is 0.434. The fraction of sp³-hybridized carbons (Fsp3) is 0.304. The molecule has 1 aliphatic carbocycles. The summed E-state index contributed by atoms with van der Waals surface area (Å²) in [5.41, 5.74) is 2.58. The number of nitrogens with zero attached hydrogens (tertiary/aromatic N) is 2. The van der Waals surface area contributed by atoms with Crippen molar-refractivity contribution in [3.63, 3.8) is 0 Å². The van der Waals surface area contributed by atoms with Crippen molar-refractivity contribution in [2.24, 2.45) is 0 Å². The van der Waals surface area contributed by atoms with E-state index < -0.39 is 12.1 Å². The number of ketones is 1. The van der Waals surface area contributed by atoms with Crippen molar-refractivity contribution >= 4 is 29.0 Å². The van der Waals surface area contributed by atoms with Crippen LogP contribution >= 0.6 is 11.3 Å². The molecule has 0 aliphatic heterocycles. The minimum absolute atomic E-state index is 0.152. The number of halogens is 1. The Bertz CT molecular complexity index is 1180. The summed E-state index contributed by atoms with van der Waals surface area (Å²) < 4.78 is 20.4. The number of thiophene rings is 1. The van der Waals surface area contributed by atoms with Gasteiger partial charge in [0.2, 0.25) is 11.7 Å². The molecule has 1 unspecified atom stereocenters. The Morgan fingerprint density at radius 2 is 1.94 bits per heavy atom. The lowest BCUT2D eigenvalue weighted by molar-refractivity contribution is -0.119. The van der Waals surface area contributed by atoms with Crippen LogP contribution in [-0.4, -0.2) is 33.5 Å². The zero-order valence-electron chi connectivity index (χ0n) is 17.7. The van der Waals surface area contributed by atoms with E-state index in [1.165, 1.54) is 37.3 Å². The molecule has 0 saturated heterocycles. The summed E-state index contributed by atoms with van der Waals surface area (Å²) in [7, 11) is 0. The molecule has 1 aliphatic rings. The van der Waals surface area contributed by atoms with Crippen molar-refractivity contribution < 1.29 is 23.5 Å². The van der Waals surface area contributed by atoms with Crippen LogP contribution in [0.15, 0.2) is 36.4 Å². The van der Waals surface area contributed by atoms with Gasteiger partial charge >= 0.3 is 5.97 Å². The number of carbonyl (C=O) groups is 3. The van der Waals surface area contributed by atoms with Gasteiger partial charge in [-0.05, 0) is 62.6 Å². The smallest absolute Gasteiger partial charge is 0.359 e. The Hall–Kier alpha value is -3.33. The number of hydrogen-bond acceptors (Lipinski definition) is 6. The highest BCUT2D eigenvalue weighted by atomic mass is 32.1. The van der Waals surface area contributed by atoms with E-state index in [0.717, 1.165) is 29.0 Å². The Morgan fingerprint density at radius 1 is 1.19 bits per heavy atom. The first-order valence-electron chi connectivity index (χ1n) is 10.3. The Labute approximate surface area is 188 Å². The lowest BCUT2D eigenvalue weighted by Gasteiger charge is -2.11. The van der Waals surface area contributed by atoms with Crippen molar-refractivity contribution in [1.29, 1.82) is 0 Å². The number of rotatable bonds is 7. The topological polar surface area (TPSA) is 90.3 Å². The van der Waals surface area contributed by atoms with Crippen molar-refractivity contribution in [3.8, 4) is 5.69 Å². The van der Waals surface area contributed by atoms with E-state index in [4.69, 9.17) is 4.74 Å². The first-order valence-corrected chi connectivity index (χ1v) is 11.1. The van der Waals surface area contributed by atoms with Crippen LogP contribution in [0.1, 0.15) is 56.6 Å². The second-order valence-electron chi connectivity index (χ2n) is 7.60. The Kier molecular flexibility index (Phi) is 6.18. The zero-order valence-corrected chi connectivity index (χ0v) is 18.5. The lowest BCUT2D eigenvalue weighted by atomic mass is 10.2. The number of nitrogens with one attached hydrogen (secondary N) is 1. The molecule has 166 valence electrons. The second-order valence-corrected chi connectivity index (χ2v) is 8.77. The minimum Gasteiger partial charge on any atom is -0.449 e. The predicted molar refractivity (Wildman–Crippen MR) is 117 cm³/mol. The van der Waals surface area contributed by atoms with E-state index in [0.29, 0.717) is 23.5 Å². The number of Topliss-reactive ketones (excluding diaryl/α,β-unsaturated/α-hetero) is 1. The van der Waals surface area contributed by atoms with E-state index in [2.05, 4.69) is 10.4 Å². The van der Waals surface area contributed by atoms with Crippen LogP contribution in [0, 0.1) is 5.82 Å². The second kappa shape index (κ2) is 9.04. The predicted octanol–water partition coefficient (Wildman–Crippen LogP) is 3.63. The highest BCUT2D eigenvalue weighted by Crippen LogP contribution is 2.29. The lowest BCUT2D eigenvalue weighted by Crippen LogP contribution is -2.24. The van der Waals surface area contributed by atoms with Crippen molar-refractivity contribution in [3.05, 3.63) is 68.9 Å². The third kappa shape index (κ3) is 4.47. The molecule has 3 aromatic rings. The number of fused-ring (bicyclic) bond motifs is 1. The number of hydrogen-bond donors (Lipinski definition) is 1. The molecule has 0 spiro atoms. The summed E-state index contributed by atoms with van der Waals surface area (Å²) in [6, 6.07) is 9.33. The van der Waals surface area contributed by atoms with Gasteiger partial charge in [0.1, 0.15) is 5.82 Å². The van der Waals surface area contributed by atoms with E-state index in [1.54, 1.807) is 28.9 Å². The van der Waals surface area contributed by atoms with Crippen LogP contribution in [0.5, 0.6) is 0 Å². The molecule has 1 amide bonds. The highest BCUT2D eigenvalue weighted by Gasteiger charge is 2.30. The van der Waals surface area contributed by atoms with Gasteiger partial charge in [-0.1, -0.05) is 0 Å².